The van der Waals surface area contributed by atoms with Crippen LogP contribution in [0.3, 0.4) is 0 Å². The minimum absolute atomic E-state index is 0.111. The van der Waals surface area contributed by atoms with Crippen LogP contribution in [0.2, 0.25) is 0 Å². The molecule has 1 N–H and O–H groups in total. The number of carboxylic acids is 1. The Bertz CT molecular complexity index is 614. The number of likely N-dealkylation sites (tertiary alicyclic amines) is 1. The van der Waals surface area contributed by atoms with Crippen molar-refractivity contribution in [1.29, 1.82) is 0 Å². The van der Waals surface area contributed by atoms with Gasteiger partial charge in [0, 0.05) is 18.0 Å². The first-order valence-electron chi connectivity index (χ1n) is 8.25. The Morgan fingerprint density at radius 2 is 1.61 bits per heavy atom. The van der Waals surface area contributed by atoms with Gasteiger partial charge in [-0.05, 0) is 24.0 Å². The summed E-state index contributed by atoms with van der Waals surface area (Å²) in [6.07, 6.45) is 1.88. The van der Waals surface area contributed by atoms with E-state index >= 15 is 0 Å². The van der Waals surface area contributed by atoms with E-state index in [-0.39, 0.29) is 18.0 Å². The van der Waals surface area contributed by atoms with Gasteiger partial charge in [0.25, 0.3) is 0 Å². The maximum atomic E-state index is 11.3. The molecule has 0 radical (unpaired) electrons. The molecule has 120 valence electrons. The van der Waals surface area contributed by atoms with Crippen LogP contribution in [0.25, 0.3) is 0 Å². The third-order valence-corrected chi connectivity index (χ3v) is 5.11. The summed E-state index contributed by atoms with van der Waals surface area (Å²) in [7, 11) is 0. The summed E-state index contributed by atoms with van der Waals surface area (Å²) in [6.45, 7) is 3.08. The topological polar surface area (TPSA) is 40.5 Å². The highest BCUT2D eigenvalue weighted by Gasteiger charge is 2.48. The molecule has 3 nitrogen and oxygen atoms in total. The van der Waals surface area contributed by atoms with Crippen molar-refractivity contribution in [3.05, 3.63) is 71.8 Å². The van der Waals surface area contributed by atoms with Gasteiger partial charge in [0.05, 0.1) is 6.54 Å². The molecule has 23 heavy (non-hydrogen) atoms. The van der Waals surface area contributed by atoms with Crippen LogP contribution in [0.1, 0.15) is 30.9 Å². The third-order valence-electron chi connectivity index (χ3n) is 5.11. The van der Waals surface area contributed by atoms with Crippen molar-refractivity contribution in [2.24, 2.45) is 0 Å². The Hall–Kier alpha value is -2.13. The first-order chi connectivity index (χ1) is 11.2. The highest BCUT2D eigenvalue weighted by atomic mass is 16.4. The van der Waals surface area contributed by atoms with E-state index in [4.69, 9.17) is 0 Å². The number of rotatable bonds is 5. The van der Waals surface area contributed by atoms with Gasteiger partial charge >= 0.3 is 5.97 Å². The zero-order chi connectivity index (χ0) is 16.3. The van der Waals surface area contributed by atoms with Crippen LogP contribution in [0, 0.1) is 0 Å². The smallest absolute Gasteiger partial charge is 0.317 e. The van der Waals surface area contributed by atoms with E-state index < -0.39 is 5.97 Å². The lowest BCUT2D eigenvalue weighted by atomic mass is 9.68. The first-order valence-corrected chi connectivity index (χ1v) is 8.25. The van der Waals surface area contributed by atoms with Gasteiger partial charge in [0.15, 0.2) is 0 Å². The molecule has 1 heterocycles. The van der Waals surface area contributed by atoms with E-state index in [1.165, 1.54) is 11.1 Å². The number of carbonyl (C=O) groups is 1. The fraction of sp³-hybridized carbons (Fsp3) is 0.350. The van der Waals surface area contributed by atoms with Gasteiger partial charge in [0.1, 0.15) is 0 Å². The van der Waals surface area contributed by atoms with E-state index in [9.17, 15) is 9.90 Å². The summed E-state index contributed by atoms with van der Waals surface area (Å²) >= 11 is 0. The number of benzene rings is 2. The molecule has 0 aliphatic carbocycles. The summed E-state index contributed by atoms with van der Waals surface area (Å²) in [5, 5.41) is 9.26. The van der Waals surface area contributed by atoms with Crippen molar-refractivity contribution in [3.63, 3.8) is 0 Å². The van der Waals surface area contributed by atoms with Gasteiger partial charge in [-0.2, -0.15) is 0 Å². The highest BCUT2D eigenvalue weighted by Crippen LogP contribution is 2.46. The Morgan fingerprint density at radius 1 is 1.09 bits per heavy atom. The molecule has 1 aliphatic rings. The minimum Gasteiger partial charge on any atom is -0.480 e. The van der Waals surface area contributed by atoms with Crippen LogP contribution in [-0.4, -0.2) is 35.1 Å². The molecule has 2 aromatic carbocycles. The van der Waals surface area contributed by atoms with Crippen LogP contribution in [0.5, 0.6) is 0 Å². The molecule has 0 aromatic heterocycles. The fourth-order valence-corrected chi connectivity index (χ4v) is 4.23. The largest absolute Gasteiger partial charge is 0.480 e. The molecule has 1 aliphatic heterocycles. The summed E-state index contributed by atoms with van der Waals surface area (Å²) in [5.41, 5.74) is 2.43. The molecule has 3 rings (SSSR count). The number of carboxylic acid groups (broad SMARTS) is 1. The van der Waals surface area contributed by atoms with Crippen LogP contribution < -0.4 is 0 Å². The molecular weight excluding hydrogens is 286 g/mol. The second kappa shape index (κ2) is 6.55. The van der Waals surface area contributed by atoms with E-state index in [0.717, 1.165) is 19.4 Å². The van der Waals surface area contributed by atoms with Crippen LogP contribution >= 0.6 is 0 Å². The van der Waals surface area contributed by atoms with Crippen molar-refractivity contribution in [3.8, 4) is 0 Å². The monoisotopic (exact) mass is 309 g/mol. The van der Waals surface area contributed by atoms with Gasteiger partial charge in [0.2, 0.25) is 0 Å². The number of hydrogen-bond donors (Lipinski definition) is 1. The van der Waals surface area contributed by atoms with Crippen LogP contribution in [-0.2, 0) is 10.2 Å². The lowest BCUT2D eigenvalue weighted by Gasteiger charge is -2.39. The van der Waals surface area contributed by atoms with Crippen LogP contribution in [0.15, 0.2) is 60.7 Å². The van der Waals surface area contributed by atoms with Crippen molar-refractivity contribution in [1.82, 2.24) is 4.90 Å². The summed E-state index contributed by atoms with van der Waals surface area (Å²) in [6, 6.07) is 21.3. The molecule has 0 bridgehead atoms. The summed E-state index contributed by atoms with van der Waals surface area (Å²) in [5.74, 6) is -0.750. The second-order valence-electron chi connectivity index (χ2n) is 6.24. The van der Waals surface area contributed by atoms with Gasteiger partial charge in [-0.25, -0.2) is 0 Å². The standard InChI is InChI=1S/C20H23NO2/c1-2-18-20(16-9-5-3-6-10-16,17-11-7-4-8-12-17)13-14-21(18)15-19(22)23/h3-12,18H,2,13-15H2,1H3,(H,22,23). The molecule has 1 saturated heterocycles. The molecule has 0 amide bonds. The van der Waals surface area contributed by atoms with Gasteiger partial charge < -0.3 is 5.11 Å². The quantitative estimate of drug-likeness (QED) is 0.918. The van der Waals surface area contributed by atoms with Crippen molar-refractivity contribution >= 4 is 5.97 Å². The van der Waals surface area contributed by atoms with E-state index in [0.29, 0.717) is 0 Å². The SMILES string of the molecule is CCC1N(CC(=O)O)CCC1(c1ccccc1)c1ccccc1. The zero-order valence-corrected chi connectivity index (χ0v) is 13.5. The maximum Gasteiger partial charge on any atom is 0.317 e. The van der Waals surface area contributed by atoms with Gasteiger partial charge in [-0.15, -0.1) is 0 Å². The summed E-state index contributed by atoms with van der Waals surface area (Å²) < 4.78 is 0. The summed E-state index contributed by atoms with van der Waals surface area (Å²) in [4.78, 5) is 13.4. The predicted octanol–water partition coefficient (Wildman–Crippen LogP) is 3.54. The van der Waals surface area contributed by atoms with Crippen LogP contribution in [0.4, 0.5) is 0 Å². The molecule has 0 spiro atoms. The Labute approximate surface area is 137 Å². The second-order valence-corrected chi connectivity index (χ2v) is 6.24. The lowest BCUT2D eigenvalue weighted by Crippen LogP contribution is -2.44. The van der Waals surface area contributed by atoms with Crippen molar-refractivity contribution in [2.45, 2.75) is 31.2 Å². The average Bonchev–Trinajstić information content (AvgIpc) is 2.95. The van der Waals surface area contributed by atoms with Crippen molar-refractivity contribution < 1.29 is 9.90 Å². The highest BCUT2D eigenvalue weighted by molar-refractivity contribution is 5.69. The number of aliphatic carboxylic acids is 1. The Morgan fingerprint density at radius 3 is 2.04 bits per heavy atom. The normalized spacial score (nSPS) is 20.5. The van der Waals surface area contributed by atoms with E-state index in [1.54, 1.807) is 0 Å². The lowest BCUT2D eigenvalue weighted by molar-refractivity contribution is -0.138. The molecule has 3 heteroatoms. The predicted molar refractivity (Wildman–Crippen MR) is 91.6 cm³/mol. The number of hydrogen-bond acceptors (Lipinski definition) is 2. The number of nitrogens with zero attached hydrogens (tertiary/aromatic N) is 1. The van der Waals surface area contributed by atoms with E-state index in [2.05, 4.69) is 60.4 Å². The maximum absolute atomic E-state index is 11.3. The molecule has 2 aromatic rings. The zero-order valence-electron chi connectivity index (χ0n) is 13.5. The third kappa shape index (κ3) is 2.77. The van der Waals surface area contributed by atoms with Gasteiger partial charge in [-0.3, -0.25) is 9.69 Å². The first kappa shape index (κ1) is 15.8. The fourth-order valence-electron chi connectivity index (χ4n) is 4.23. The Kier molecular flexibility index (Phi) is 4.49. The Balaban J connectivity index is 2.12. The van der Waals surface area contributed by atoms with E-state index in [1.807, 2.05) is 12.1 Å². The average molecular weight is 309 g/mol. The minimum atomic E-state index is -0.750. The van der Waals surface area contributed by atoms with Gasteiger partial charge in [-0.1, -0.05) is 67.6 Å². The van der Waals surface area contributed by atoms with Crippen molar-refractivity contribution in [2.75, 3.05) is 13.1 Å². The molecule has 1 unspecified atom stereocenters. The molecular formula is C20H23NO2. The molecule has 1 fully saturated rings. The molecule has 1 atom stereocenters. The molecule has 0 saturated carbocycles.